The van der Waals surface area contributed by atoms with Crippen molar-refractivity contribution < 1.29 is 9.18 Å². The first-order chi connectivity index (χ1) is 8.06. The zero-order chi connectivity index (χ0) is 12.4. The molecule has 17 heavy (non-hydrogen) atoms. The Morgan fingerprint density at radius 1 is 1.47 bits per heavy atom. The molecule has 88 valence electrons. The van der Waals surface area contributed by atoms with Gasteiger partial charge in [0.05, 0.1) is 11.3 Å². The first-order valence-corrected chi connectivity index (χ1v) is 5.00. The van der Waals surface area contributed by atoms with Gasteiger partial charge < -0.3 is 5.32 Å². The fraction of sp³-hybridized carbons (Fsp3) is 0.182. The molecule has 0 saturated carbocycles. The van der Waals surface area contributed by atoms with E-state index < -0.39 is 5.95 Å². The van der Waals surface area contributed by atoms with E-state index in [4.69, 9.17) is 0 Å². The highest BCUT2D eigenvalue weighted by Crippen LogP contribution is 2.09. The number of aryl methyl sites for hydroxylation is 2. The molecule has 2 aromatic heterocycles. The number of nitrogens with one attached hydrogen (secondary N) is 1. The van der Waals surface area contributed by atoms with E-state index in [1.54, 1.807) is 24.9 Å². The van der Waals surface area contributed by atoms with Crippen LogP contribution >= 0.6 is 0 Å². The summed E-state index contributed by atoms with van der Waals surface area (Å²) >= 11 is 0. The largest absolute Gasteiger partial charge is 0.306 e. The number of nitrogens with zero attached hydrogens (tertiary/aromatic N) is 3. The van der Waals surface area contributed by atoms with E-state index in [2.05, 4.69) is 15.4 Å². The predicted molar refractivity (Wildman–Crippen MR) is 60.1 cm³/mol. The van der Waals surface area contributed by atoms with E-state index in [0.717, 1.165) is 0 Å². The SMILES string of the molecule is Cc1nn(C)cc1C(=O)Nc1cccc(F)n1. The summed E-state index contributed by atoms with van der Waals surface area (Å²) in [5.74, 6) is -0.808. The van der Waals surface area contributed by atoms with Gasteiger partial charge >= 0.3 is 0 Å². The lowest BCUT2D eigenvalue weighted by Gasteiger charge is -2.02. The van der Waals surface area contributed by atoms with Crippen LogP contribution in [0.15, 0.2) is 24.4 Å². The van der Waals surface area contributed by atoms with Gasteiger partial charge in [0, 0.05) is 13.2 Å². The zero-order valence-electron chi connectivity index (χ0n) is 9.44. The van der Waals surface area contributed by atoms with Crippen LogP contribution in [0.4, 0.5) is 10.2 Å². The van der Waals surface area contributed by atoms with E-state index in [9.17, 15) is 9.18 Å². The summed E-state index contributed by atoms with van der Waals surface area (Å²) in [4.78, 5) is 15.4. The Hall–Kier alpha value is -2.24. The number of pyridine rings is 1. The third kappa shape index (κ3) is 2.47. The maximum atomic E-state index is 12.8. The number of carbonyl (C=O) groups is 1. The Kier molecular flexibility index (Phi) is 2.86. The summed E-state index contributed by atoms with van der Waals surface area (Å²) in [6.45, 7) is 1.73. The Bertz CT molecular complexity index is 564. The van der Waals surface area contributed by atoms with Crippen LogP contribution in [0.1, 0.15) is 16.1 Å². The molecule has 0 atom stereocenters. The molecule has 0 unspecified atom stereocenters. The second-order valence-electron chi connectivity index (χ2n) is 3.60. The number of hydrogen-bond donors (Lipinski definition) is 1. The number of anilines is 1. The highest BCUT2D eigenvalue weighted by atomic mass is 19.1. The minimum atomic E-state index is -0.634. The van der Waals surface area contributed by atoms with Crippen molar-refractivity contribution in [2.75, 3.05) is 5.32 Å². The zero-order valence-corrected chi connectivity index (χ0v) is 9.44. The van der Waals surface area contributed by atoms with Gasteiger partial charge in [-0.1, -0.05) is 6.07 Å². The van der Waals surface area contributed by atoms with E-state index in [1.807, 2.05) is 0 Å². The predicted octanol–water partition coefficient (Wildman–Crippen LogP) is 1.51. The standard InChI is InChI=1S/C11H11FN4O/c1-7-8(6-16(2)15-7)11(17)14-10-5-3-4-9(12)13-10/h3-6H,1-2H3,(H,13,14,17). The number of halogens is 1. The van der Waals surface area contributed by atoms with Gasteiger partial charge in [-0.3, -0.25) is 9.48 Å². The summed E-state index contributed by atoms with van der Waals surface area (Å²) in [5.41, 5.74) is 1.06. The Morgan fingerprint density at radius 3 is 2.82 bits per heavy atom. The average Bonchev–Trinajstić information content (AvgIpc) is 2.58. The molecule has 0 aromatic carbocycles. The van der Waals surface area contributed by atoms with Crippen LogP contribution in [-0.4, -0.2) is 20.7 Å². The van der Waals surface area contributed by atoms with E-state index in [1.165, 1.54) is 18.2 Å². The van der Waals surface area contributed by atoms with Gasteiger partial charge in [-0.2, -0.15) is 9.49 Å². The molecule has 1 amide bonds. The van der Waals surface area contributed by atoms with Gasteiger partial charge in [-0.15, -0.1) is 0 Å². The van der Waals surface area contributed by atoms with Crippen LogP contribution in [-0.2, 0) is 7.05 Å². The molecule has 0 fully saturated rings. The van der Waals surface area contributed by atoms with E-state index in [-0.39, 0.29) is 11.7 Å². The number of hydrogen-bond acceptors (Lipinski definition) is 3. The number of amides is 1. The molecule has 2 rings (SSSR count). The van der Waals surface area contributed by atoms with Gasteiger partial charge in [0.25, 0.3) is 5.91 Å². The second-order valence-corrected chi connectivity index (χ2v) is 3.60. The summed E-state index contributed by atoms with van der Waals surface area (Å²) in [5, 5.41) is 6.56. The fourth-order valence-corrected chi connectivity index (χ4v) is 1.48. The smallest absolute Gasteiger partial charge is 0.260 e. The first-order valence-electron chi connectivity index (χ1n) is 5.00. The van der Waals surface area contributed by atoms with Crippen molar-refractivity contribution in [3.8, 4) is 0 Å². The number of carbonyl (C=O) groups excluding carboxylic acids is 1. The van der Waals surface area contributed by atoms with Crippen molar-refractivity contribution in [2.45, 2.75) is 6.92 Å². The molecule has 0 radical (unpaired) electrons. The topological polar surface area (TPSA) is 59.8 Å². The van der Waals surface area contributed by atoms with Crippen molar-refractivity contribution >= 4 is 11.7 Å². The van der Waals surface area contributed by atoms with Crippen molar-refractivity contribution in [1.29, 1.82) is 0 Å². The molecule has 0 spiro atoms. The second kappa shape index (κ2) is 4.32. The first kappa shape index (κ1) is 11.3. The molecule has 0 saturated heterocycles. The monoisotopic (exact) mass is 234 g/mol. The maximum absolute atomic E-state index is 12.8. The highest BCUT2D eigenvalue weighted by molar-refractivity contribution is 6.04. The summed E-state index contributed by atoms with van der Waals surface area (Å²) in [6.07, 6.45) is 1.60. The molecule has 0 aliphatic rings. The molecule has 2 heterocycles. The Labute approximate surface area is 97.3 Å². The van der Waals surface area contributed by atoms with Crippen LogP contribution in [0.5, 0.6) is 0 Å². The molecule has 5 nitrogen and oxygen atoms in total. The Morgan fingerprint density at radius 2 is 2.24 bits per heavy atom. The van der Waals surface area contributed by atoms with Crippen molar-refractivity contribution in [3.05, 3.63) is 41.6 Å². The van der Waals surface area contributed by atoms with Crippen LogP contribution in [0.2, 0.25) is 0 Å². The fourth-order valence-electron chi connectivity index (χ4n) is 1.48. The van der Waals surface area contributed by atoms with Crippen molar-refractivity contribution in [3.63, 3.8) is 0 Å². The van der Waals surface area contributed by atoms with Crippen LogP contribution < -0.4 is 5.32 Å². The highest BCUT2D eigenvalue weighted by Gasteiger charge is 2.13. The maximum Gasteiger partial charge on any atom is 0.260 e. The minimum Gasteiger partial charge on any atom is -0.306 e. The summed E-state index contributed by atoms with van der Waals surface area (Å²) in [7, 11) is 1.73. The van der Waals surface area contributed by atoms with Gasteiger partial charge in [0.2, 0.25) is 5.95 Å². The number of rotatable bonds is 2. The minimum absolute atomic E-state index is 0.179. The molecular weight excluding hydrogens is 223 g/mol. The van der Waals surface area contributed by atoms with Crippen molar-refractivity contribution in [1.82, 2.24) is 14.8 Å². The Balaban J connectivity index is 2.20. The van der Waals surface area contributed by atoms with Crippen molar-refractivity contribution in [2.24, 2.45) is 7.05 Å². The van der Waals surface area contributed by atoms with Gasteiger partial charge in [0.15, 0.2) is 0 Å². The van der Waals surface area contributed by atoms with Gasteiger partial charge in [0.1, 0.15) is 5.82 Å². The summed E-state index contributed by atoms with van der Waals surface area (Å²) < 4.78 is 14.4. The molecule has 1 N–H and O–H groups in total. The third-order valence-corrected chi connectivity index (χ3v) is 2.21. The molecule has 0 aliphatic carbocycles. The molecule has 6 heteroatoms. The number of aromatic nitrogens is 3. The van der Waals surface area contributed by atoms with Crippen LogP contribution in [0.3, 0.4) is 0 Å². The van der Waals surface area contributed by atoms with Gasteiger partial charge in [-0.05, 0) is 19.1 Å². The molecule has 0 bridgehead atoms. The van der Waals surface area contributed by atoms with E-state index >= 15 is 0 Å². The summed E-state index contributed by atoms with van der Waals surface area (Å²) in [6, 6.07) is 4.21. The van der Waals surface area contributed by atoms with Crippen LogP contribution in [0.25, 0.3) is 0 Å². The van der Waals surface area contributed by atoms with Crippen LogP contribution in [0, 0.1) is 12.9 Å². The lowest BCUT2D eigenvalue weighted by molar-refractivity contribution is 0.102. The average molecular weight is 234 g/mol. The molecule has 2 aromatic rings. The third-order valence-electron chi connectivity index (χ3n) is 2.21. The van der Waals surface area contributed by atoms with Gasteiger partial charge in [-0.25, -0.2) is 4.98 Å². The molecule has 0 aliphatic heterocycles. The lowest BCUT2D eigenvalue weighted by atomic mass is 10.2. The lowest BCUT2D eigenvalue weighted by Crippen LogP contribution is -2.13. The normalized spacial score (nSPS) is 10.3. The quantitative estimate of drug-likeness (QED) is 0.801. The molecular formula is C11H11FN4O. The van der Waals surface area contributed by atoms with E-state index in [0.29, 0.717) is 11.3 Å².